The summed E-state index contributed by atoms with van der Waals surface area (Å²) in [4.78, 5) is 2.50. The molecule has 1 heterocycles. The highest BCUT2D eigenvalue weighted by Gasteiger charge is 2.17. The maximum Gasteiger partial charge on any atom is 0.163 e. The molecule has 0 unspecified atom stereocenters. The number of rotatable bonds is 5. The molecule has 5 heteroatoms. The van der Waals surface area contributed by atoms with Crippen LogP contribution in [-0.4, -0.2) is 51.8 Å². The molecule has 1 aromatic carbocycles. The zero-order valence-corrected chi connectivity index (χ0v) is 14.0. The van der Waals surface area contributed by atoms with Crippen LogP contribution < -0.4 is 14.8 Å². The molecule has 1 fully saturated rings. The summed E-state index contributed by atoms with van der Waals surface area (Å²) in [5.74, 6) is 1.62. The highest BCUT2D eigenvalue weighted by molar-refractivity contribution is 9.10. The molecule has 0 spiro atoms. The van der Waals surface area contributed by atoms with Gasteiger partial charge >= 0.3 is 0 Å². The summed E-state index contributed by atoms with van der Waals surface area (Å²) in [5.41, 5.74) is 2.47. The summed E-state index contributed by atoms with van der Waals surface area (Å²) in [6.45, 7) is 7.61. The van der Waals surface area contributed by atoms with Crippen molar-refractivity contribution in [1.29, 1.82) is 0 Å². The quantitative estimate of drug-likeness (QED) is 0.889. The third-order valence-corrected chi connectivity index (χ3v) is 4.58. The second-order valence-corrected chi connectivity index (χ2v) is 5.89. The molecule has 1 saturated heterocycles. The average Bonchev–Trinajstić information content (AvgIpc) is 2.47. The third kappa shape index (κ3) is 3.45. The van der Waals surface area contributed by atoms with Crippen molar-refractivity contribution in [2.45, 2.75) is 13.3 Å². The summed E-state index contributed by atoms with van der Waals surface area (Å²) in [6, 6.07) is 2.00. The molecular weight excluding hydrogens is 320 g/mol. The summed E-state index contributed by atoms with van der Waals surface area (Å²) < 4.78 is 12.0. The molecule has 0 aromatic heterocycles. The maximum absolute atomic E-state index is 5.49. The Hall–Kier alpha value is -0.780. The number of nitrogens with zero attached hydrogens (tertiary/aromatic N) is 1. The van der Waals surface area contributed by atoms with Crippen molar-refractivity contribution in [3.8, 4) is 11.5 Å². The van der Waals surface area contributed by atoms with E-state index >= 15 is 0 Å². The first kappa shape index (κ1) is 15.6. The zero-order chi connectivity index (χ0) is 14.5. The lowest BCUT2D eigenvalue weighted by molar-refractivity contribution is 0.243. The first-order valence-corrected chi connectivity index (χ1v) is 7.79. The Morgan fingerprint density at radius 1 is 1.25 bits per heavy atom. The fourth-order valence-electron chi connectivity index (χ4n) is 2.69. The minimum absolute atomic E-state index is 0.780. The molecule has 0 saturated carbocycles. The number of halogens is 1. The van der Waals surface area contributed by atoms with Crippen LogP contribution in [0, 0.1) is 6.92 Å². The number of benzene rings is 1. The van der Waals surface area contributed by atoms with Gasteiger partial charge in [-0.25, -0.2) is 0 Å². The van der Waals surface area contributed by atoms with Crippen molar-refractivity contribution in [2.75, 3.05) is 46.9 Å². The van der Waals surface area contributed by atoms with Crippen molar-refractivity contribution < 1.29 is 9.47 Å². The Bertz CT molecular complexity index is 460. The SMILES string of the molecule is COc1cc(Br)c(CCN2CCNCC2)c(C)c1OC. The van der Waals surface area contributed by atoms with Gasteiger partial charge in [0.2, 0.25) is 0 Å². The van der Waals surface area contributed by atoms with Crippen molar-refractivity contribution in [1.82, 2.24) is 10.2 Å². The smallest absolute Gasteiger partial charge is 0.163 e. The van der Waals surface area contributed by atoms with Crippen molar-refractivity contribution >= 4 is 15.9 Å². The van der Waals surface area contributed by atoms with Gasteiger partial charge in [-0.2, -0.15) is 0 Å². The van der Waals surface area contributed by atoms with Gasteiger partial charge in [0.25, 0.3) is 0 Å². The fourth-order valence-corrected chi connectivity index (χ4v) is 3.39. The molecule has 0 bridgehead atoms. The first-order chi connectivity index (χ1) is 9.67. The lowest BCUT2D eigenvalue weighted by atomic mass is 10.0. The van der Waals surface area contributed by atoms with E-state index in [0.29, 0.717) is 0 Å². The number of methoxy groups -OCH3 is 2. The predicted molar refractivity (Wildman–Crippen MR) is 85.0 cm³/mol. The number of nitrogens with one attached hydrogen (secondary N) is 1. The molecule has 0 radical (unpaired) electrons. The van der Waals surface area contributed by atoms with Gasteiger partial charge in [0.1, 0.15) is 0 Å². The minimum atomic E-state index is 0.780. The van der Waals surface area contributed by atoms with Crippen LogP contribution in [0.15, 0.2) is 10.5 Å². The highest BCUT2D eigenvalue weighted by atomic mass is 79.9. The monoisotopic (exact) mass is 342 g/mol. The van der Waals surface area contributed by atoms with Crippen LogP contribution in [0.25, 0.3) is 0 Å². The molecule has 20 heavy (non-hydrogen) atoms. The van der Waals surface area contributed by atoms with Crippen molar-refractivity contribution in [3.63, 3.8) is 0 Å². The summed E-state index contributed by atoms with van der Waals surface area (Å²) in [7, 11) is 3.36. The van der Waals surface area contributed by atoms with E-state index in [-0.39, 0.29) is 0 Å². The van der Waals surface area contributed by atoms with E-state index in [4.69, 9.17) is 9.47 Å². The van der Waals surface area contributed by atoms with Crippen LogP contribution in [0.3, 0.4) is 0 Å². The molecule has 1 N–H and O–H groups in total. The molecule has 1 aliphatic rings. The van der Waals surface area contributed by atoms with Crippen LogP contribution in [0.4, 0.5) is 0 Å². The van der Waals surface area contributed by atoms with E-state index in [1.54, 1.807) is 14.2 Å². The Morgan fingerprint density at radius 2 is 1.95 bits per heavy atom. The third-order valence-electron chi connectivity index (χ3n) is 3.87. The minimum Gasteiger partial charge on any atom is -0.493 e. The first-order valence-electron chi connectivity index (χ1n) is 7.00. The van der Waals surface area contributed by atoms with Crippen LogP contribution in [0.2, 0.25) is 0 Å². The number of ether oxygens (including phenoxy) is 2. The molecule has 0 amide bonds. The topological polar surface area (TPSA) is 33.7 Å². The summed E-state index contributed by atoms with van der Waals surface area (Å²) in [5, 5.41) is 3.38. The lowest BCUT2D eigenvalue weighted by Gasteiger charge is -2.27. The standard InChI is InChI=1S/C15H23BrN2O2/c1-11-12(4-7-18-8-5-17-6-9-18)13(16)10-14(19-2)15(11)20-3/h10,17H,4-9H2,1-3H3. The molecule has 0 aliphatic carbocycles. The molecule has 4 nitrogen and oxygen atoms in total. The summed E-state index contributed by atoms with van der Waals surface area (Å²) in [6.07, 6.45) is 1.02. The van der Waals surface area contributed by atoms with Crippen LogP contribution >= 0.6 is 15.9 Å². The molecule has 0 atom stereocenters. The van der Waals surface area contributed by atoms with Gasteiger partial charge in [-0.1, -0.05) is 15.9 Å². The van der Waals surface area contributed by atoms with Gasteiger partial charge in [-0.3, -0.25) is 0 Å². The Labute approximate surface area is 129 Å². The average molecular weight is 343 g/mol. The van der Waals surface area contributed by atoms with Gasteiger partial charge in [-0.15, -0.1) is 0 Å². The van der Waals surface area contributed by atoms with Gasteiger partial charge in [-0.05, 0) is 30.5 Å². The highest BCUT2D eigenvalue weighted by Crippen LogP contribution is 2.37. The second-order valence-electron chi connectivity index (χ2n) is 5.04. The zero-order valence-electron chi connectivity index (χ0n) is 12.5. The normalized spacial score (nSPS) is 16.2. The fraction of sp³-hybridized carbons (Fsp3) is 0.600. The Balaban J connectivity index is 2.14. The van der Waals surface area contributed by atoms with Gasteiger partial charge in [0.05, 0.1) is 14.2 Å². The second kappa shape index (κ2) is 7.29. The molecule has 2 rings (SSSR count). The van der Waals surface area contributed by atoms with E-state index in [1.807, 2.05) is 6.07 Å². The number of hydrogen-bond donors (Lipinski definition) is 1. The molecule has 1 aliphatic heterocycles. The molecule has 112 valence electrons. The van der Waals surface area contributed by atoms with Crippen LogP contribution in [-0.2, 0) is 6.42 Å². The Kier molecular flexibility index (Phi) is 5.69. The maximum atomic E-state index is 5.49. The van der Waals surface area contributed by atoms with Crippen molar-refractivity contribution in [2.24, 2.45) is 0 Å². The largest absolute Gasteiger partial charge is 0.493 e. The van der Waals surface area contributed by atoms with Gasteiger partial charge < -0.3 is 19.7 Å². The predicted octanol–water partition coefficient (Wildman–Crippen LogP) is 2.22. The van der Waals surface area contributed by atoms with E-state index in [9.17, 15) is 0 Å². The van der Waals surface area contributed by atoms with E-state index in [2.05, 4.69) is 33.1 Å². The van der Waals surface area contributed by atoms with Gasteiger partial charge in [0, 0.05) is 37.2 Å². The number of hydrogen-bond acceptors (Lipinski definition) is 4. The number of piperazine rings is 1. The van der Waals surface area contributed by atoms with E-state index in [0.717, 1.165) is 60.7 Å². The van der Waals surface area contributed by atoms with Crippen LogP contribution in [0.5, 0.6) is 11.5 Å². The van der Waals surface area contributed by atoms with Crippen LogP contribution in [0.1, 0.15) is 11.1 Å². The van der Waals surface area contributed by atoms with E-state index < -0.39 is 0 Å². The van der Waals surface area contributed by atoms with Gasteiger partial charge in [0.15, 0.2) is 11.5 Å². The van der Waals surface area contributed by atoms with Crippen molar-refractivity contribution in [3.05, 3.63) is 21.7 Å². The Morgan fingerprint density at radius 3 is 2.55 bits per heavy atom. The molecular formula is C15H23BrN2O2. The van der Waals surface area contributed by atoms with E-state index in [1.165, 1.54) is 5.56 Å². The lowest BCUT2D eigenvalue weighted by Crippen LogP contribution is -2.44. The summed E-state index contributed by atoms with van der Waals surface area (Å²) >= 11 is 3.66. The molecule has 1 aromatic rings.